The van der Waals surface area contributed by atoms with Crippen molar-refractivity contribution in [2.24, 2.45) is 16.5 Å². The highest BCUT2D eigenvalue weighted by atomic mass is 35.5. The van der Waals surface area contributed by atoms with Gasteiger partial charge in [-0.05, 0) is 36.5 Å². The largest absolute Gasteiger partial charge is 0.370 e. The van der Waals surface area contributed by atoms with Gasteiger partial charge in [-0.3, -0.25) is 9.78 Å². The number of guanidine groups is 1. The van der Waals surface area contributed by atoms with Crippen LogP contribution in [0.2, 0.25) is 0 Å². The van der Waals surface area contributed by atoms with Crippen LogP contribution >= 0.6 is 24.8 Å². The third-order valence-electron chi connectivity index (χ3n) is 4.24. The molecule has 0 bridgehead atoms. The fourth-order valence-corrected chi connectivity index (χ4v) is 2.99. The van der Waals surface area contributed by atoms with Gasteiger partial charge in [0.05, 0.1) is 16.8 Å². The highest BCUT2D eigenvalue weighted by molar-refractivity contribution is 6.03. The lowest BCUT2D eigenvalue weighted by Crippen LogP contribution is -2.24. The Labute approximate surface area is 163 Å². The van der Waals surface area contributed by atoms with Gasteiger partial charge in [0.1, 0.15) is 0 Å². The third kappa shape index (κ3) is 3.66. The summed E-state index contributed by atoms with van der Waals surface area (Å²) in [5.41, 5.74) is 14.2. The highest BCUT2D eigenvalue weighted by Gasteiger charge is 2.30. The first-order valence-corrected chi connectivity index (χ1v) is 7.83. The average molecular weight is 392 g/mol. The van der Waals surface area contributed by atoms with Gasteiger partial charge in [-0.15, -0.1) is 24.8 Å². The maximum Gasteiger partial charge on any atom is 0.282 e. The fourth-order valence-electron chi connectivity index (χ4n) is 2.99. The molecule has 1 aromatic carbocycles. The molecule has 4 N–H and O–H groups in total. The summed E-state index contributed by atoms with van der Waals surface area (Å²) < 4.78 is 1.97. The molecule has 0 unspecified atom stereocenters. The smallest absolute Gasteiger partial charge is 0.282 e. The number of hydrogen-bond donors (Lipinski definition) is 2. The Morgan fingerprint density at radius 3 is 2.54 bits per heavy atom. The Bertz CT molecular complexity index is 969. The maximum absolute atomic E-state index is 12.3. The molecule has 1 saturated carbocycles. The first-order valence-electron chi connectivity index (χ1n) is 7.83. The van der Waals surface area contributed by atoms with E-state index in [1.807, 2.05) is 47.3 Å². The van der Waals surface area contributed by atoms with Crippen molar-refractivity contribution < 1.29 is 4.79 Å². The van der Waals surface area contributed by atoms with Gasteiger partial charge in [-0.2, -0.15) is 4.99 Å². The molecule has 136 valence electrons. The minimum absolute atomic E-state index is 0. The second-order valence-corrected chi connectivity index (χ2v) is 6.00. The van der Waals surface area contributed by atoms with Gasteiger partial charge in [0.2, 0.25) is 0 Å². The zero-order valence-electron chi connectivity index (χ0n) is 13.8. The van der Waals surface area contributed by atoms with Crippen LogP contribution in [0.4, 0.5) is 0 Å². The van der Waals surface area contributed by atoms with Crippen LogP contribution in [0.15, 0.2) is 53.9 Å². The van der Waals surface area contributed by atoms with E-state index in [9.17, 15) is 4.79 Å². The Morgan fingerprint density at radius 2 is 1.85 bits per heavy atom. The molecule has 3 aromatic rings. The van der Waals surface area contributed by atoms with Crippen LogP contribution in [0, 0.1) is 0 Å². The summed E-state index contributed by atoms with van der Waals surface area (Å²) >= 11 is 0. The second kappa shape index (κ2) is 7.76. The Morgan fingerprint density at radius 1 is 1.12 bits per heavy atom. The molecule has 2 aromatic heterocycles. The number of nitrogens with two attached hydrogens (primary N) is 2. The molecule has 6 nitrogen and oxygen atoms in total. The summed E-state index contributed by atoms with van der Waals surface area (Å²) in [4.78, 5) is 20.4. The van der Waals surface area contributed by atoms with Crippen LogP contribution in [-0.4, -0.2) is 21.4 Å². The number of benzene rings is 1. The molecule has 0 saturated heterocycles. The molecule has 1 aliphatic rings. The molecular weight excluding hydrogens is 373 g/mol. The summed E-state index contributed by atoms with van der Waals surface area (Å²) in [7, 11) is 0. The summed E-state index contributed by atoms with van der Waals surface area (Å²) in [5, 5.41) is 1.03. The van der Waals surface area contributed by atoms with Crippen LogP contribution in [0.25, 0.3) is 16.6 Å². The van der Waals surface area contributed by atoms with E-state index in [1.165, 1.54) is 0 Å². The third-order valence-corrected chi connectivity index (χ3v) is 4.24. The van der Waals surface area contributed by atoms with E-state index in [0.29, 0.717) is 11.5 Å². The van der Waals surface area contributed by atoms with Gasteiger partial charge in [-0.1, -0.05) is 18.2 Å². The summed E-state index contributed by atoms with van der Waals surface area (Å²) in [5.74, 6) is -0.203. The monoisotopic (exact) mass is 391 g/mol. The van der Waals surface area contributed by atoms with Crippen LogP contribution < -0.4 is 11.5 Å². The van der Waals surface area contributed by atoms with Crippen molar-refractivity contribution in [3.05, 3.63) is 60.0 Å². The van der Waals surface area contributed by atoms with Crippen molar-refractivity contribution >= 4 is 47.6 Å². The Hall–Kier alpha value is -2.57. The summed E-state index contributed by atoms with van der Waals surface area (Å²) in [6.45, 7) is 0. The van der Waals surface area contributed by atoms with Gasteiger partial charge >= 0.3 is 0 Å². The highest BCUT2D eigenvalue weighted by Crippen LogP contribution is 2.42. The molecule has 1 amide bonds. The predicted molar refractivity (Wildman–Crippen MR) is 108 cm³/mol. The Balaban J connectivity index is 0.00000121. The van der Waals surface area contributed by atoms with E-state index < -0.39 is 5.91 Å². The zero-order chi connectivity index (χ0) is 16.7. The van der Waals surface area contributed by atoms with Crippen LogP contribution in [0.5, 0.6) is 0 Å². The van der Waals surface area contributed by atoms with E-state index in [4.69, 9.17) is 11.5 Å². The van der Waals surface area contributed by atoms with Crippen LogP contribution in [-0.2, 0) is 0 Å². The minimum atomic E-state index is -0.394. The quantitative estimate of drug-likeness (QED) is 0.528. The van der Waals surface area contributed by atoms with Gasteiger partial charge in [-0.25, -0.2) is 0 Å². The van der Waals surface area contributed by atoms with E-state index in [0.717, 1.165) is 35.0 Å². The molecular formula is C18H19Cl2N5O. The molecule has 8 heteroatoms. The normalized spacial score (nSPS) is 12.8. The van der Waals surface area contributed by atoms with Gasteiger partial charge in [0.15, 0.2) is 5.96 Å². The molecule has 0 spiro atoms. The number of rotatable bonds is 3. The number of hydrogen-bond acceptors (Lipinski definition) is 2. The number of amides is 1. The number of aromatic nitrogens is 2. The first kappa shape index (κ1) is 19.8. The van der Waals surface area contributed by atoms with E-state index in [1.54, 1.807) is 6.20 Å². The summed E-state index contributed by atoms with van der Waals surface area (Å²) in [6.07, 6.45) is 7.76. The molecule has 2 heterocycles. The van der Waals surface area contributed by atoms with Gasteiger partial charge in [0.25, 0.3) is 5.91 Å². The number of aliphatic imine (C=N–C) groups is 1. The molecule has 0 aliphatic heterocycles. The van der Waals surface area contributed by atoms with Gasteiger partial charge in [0, 0.05) is 24.0 Å². The van der Waals surface area contributed by atoms with Crippen LogP contribution in [0.1, 0.15) is 34.7 Å². The summed E-state index contributed by atoms with van der Waals surface area (Å²) in [6, 6.07) is 9.86. The average Bonchev–Trinajstić information content (AvgIpc) is 3.32. The fraction of sp³-hybridized carbons (Fsp3) is 0.167. The number of pyridine rings is 1. The van der Waals surface area contributed by atoms with E-state index >= 15 is 0 Å². The van der Waals surface area contributed by atoms with Crippen molar-refractivity contribution in [2.75, 3.05) is 0 Å². The molecule has 26 heavy (non-hydrogen) atoms. The van der Waals surface area contributed by atoms with E-state index in [2.05, 4.69) is 9.98 Å². The predicted octanol–water partition coefficient (Wildman–Crippen LogP) is 3.16. The lowest BCUT2D eigenvalue weighted by Gasteiger charge is -2.06. The van der Waals surface area contributed by atoms with Gasteiger partial charge < -0.3 is 16.0 Å². The number of carbonyl (C=O) groups is 1. The standard InChI is InChI=1S/C18H17N5O.2ClH/c19-18(20)22-17(24)14-10-23(9-13(14)11-5-6-11)16-7-8-21-15-4-2-1-3-12(15)16;;/h1-4,7-11H,5-6H2,(H4,19,20,22,24);2*1H. The molecule has 0 atom stereocenters. The van der Waals surface area contributed by atoms with Crippen LogP contribution in [0.3, 0.4) is 0 Å². The lowest BCUT2D eigenvalue weighted by atomic mass is 10.1. The van der Waals surface area contributed by atoms with Crippen molar-refractivity contribution in [2.45, 2.75) is 18.8 Å². The molecule has 1 aliphatic carbocycles. The van der Waals surface area contributed by atoms with Crippen molar-refractivity contribution in [1.29, 1.82) is 0 Å². The topological polar surface area (TPSA) is 99.3 Å². The number of para-hydroxylation sites is 1. The lowest BCUT2D eigenvalue weighted by molar-refractivity contribution is 0.100. The maximum atomic E-state index is 12.3. The molecule has 0 radical (unpaired) electrons. The number of nitrogens with zero attached hydrogens (tertiary/aromatic N) is 3. The van der Waals surface area contributed by atoms with E-state index in [-0.39, 0.29) is 30.8 Å². The second-order valence-electron chi connectivity index (χ2n) is 6.00. The minimum Gasteiger partial charge on any atom is -0.370 e. The van der Waals surface area contributed by atoms with Crippen molar-refractivity contribution in [3.8, 4) is 5.69 Å². The number of carbonyl (C=O) groups excluding carboxylic acids is 1. The number of fused-ring (bicyclic) bond motifs is 1. The molecule has 4 rings (SSSR count). The van der Waals surface area contributed by atoms with Crippen molar-refractivity contribution in [1.82, 2.24) is 9.55 Å². The number of halogens is 2. The zero-order valence-corrected chi connectivity index (χ0v) is 15.5. The Kier molecular flexibility index (Phi) is 5.90. The molecule has 1 fully saturated rings. The first-order chi connectivity index (χ1) is 11.6. The van der Waals surface area contributed by atoms with Crippen molar-refractivity contribution in [3.63, 3.8) is 0 Å². The SMILES string of the molecule is Cl.Cl.NC(N)=NC(=O)c1cn(-c2ccnc3ccccc23)cc1C1CC1.